The number of aromatic nitrogens is 1. The number of para-hydroxylation sites is 1. The number of carbonyl (C=O) groups excluding carboxylic acids is 1. The number of rotatable bonds is 8. The summed E-state index contributed by atoms with van der Waals surface area (Å²) in [5, 5.41) is 3.82. The summed E-state index contributed by atoms with van der Waals surface area (Å²) in [5.74, 6) is -0.336. The lowest BCUT2D eigenvalue weighted by Crippen LogP contribution is -2.45. The Balaban J connectivity index is 1.76. The van der Waals surface area contributed by atoms with Crippen LogP contribution in [0.5, 0.6) is 0 Å². The van der Waals surface area contributed by atoms with E-state index in [4.69, 9.17) is 0 Å². The van der Waals surface area contributed by atoms with Crippen molar-refractivity contribution in [2.45, 2.75) is 26.3 Å². The second-order valence-corrected chi connectivity index (χ2v) is 6.87. The minimum absolute atomic E-state index is 0.150. The van der Waals surface area contributed by atoms with Gasteiger partial charge in [0.15, 0.2) is 0 Å². The molecule has 0 radical (unpaired) electrons. The first kappa shape index (κ1) is 19.8. The number of nitrogens with zero attached hydrogens (tertiary/aromatic N) is 1. The van der Waals surface area contributed by atoms with Crippen LogP contribution in [0.1, 0.15) is 29.8 Å². The van der Waals surface area contributed by atoms with Crippen LogP contribution in [0.3, 0.4) is 0 Å². The molecule has 1 heterocycles. The Labute approximate surface area is 165 Å². The average molecular weight is 377 g/mol. The lowest BCUT2D eigenvalue weighted by molar-refractivity contribution is 0.0933. The number of benzene rings is 2. The fourth-order valence-electron chi connectivity index (χ4n) is 3.58. The number of aromatic amines is 1. The van der Waals surface area contributed by atoms with Crippen molar-refractivity contribution in [1.29, 1.82) is 0 Å². The summed E-state index contributed by atoms with van der Waals surface area (Å²) in [5.41, 5.74) is 1.75. The van der Waals surface area contributed by atoms with Crippen LogP contribution in [-0.4, -0.2) is 41.5 Å². The van der Waals surface area contributed by atoms with E-state index in [0.29, 0.717) is 6.54 Å². The van der Waals surface area contributed by atoms with Gasteiger partial charge in [0.2, 0.25) is 0 Å². The highest BCUT2D eigenvalue weighted by Crippen LogP contribution is 2.11. The normalized spacial score (nSPS) is 12.2. The molecule has 146 valence electrons. The van der Waals surface area contributed by atoms with E-state index in [1.54, 1.807) is 6.07 Å². The second-order valence-electron chi connectivity index (χ2n) is 6.87. The molecule has 1 aromatic heterocycles. The molecule has 28 heavy (non-hydrogen) atoms. The zero-order chi connectivity index (χ0) is 19.9. The number of amides is 1. The van der Waals surface area contributed by atoms with Gasteiger partial charge in [0, 0.05) is 18.1 Å². The number of H-pyrrole nitrogens is 1. The fourth-order valence-corrected chi connectivity index (χ4v) is 3.58. The number of fused-ring (bicyclic) bond motifs is 1. The molecule has 0 aliphatic rings. The summed E-state index contributed by atoms with van der Waals surface area (Å²) in [4.78, 5) is 30.2. The number of hydrogen-bond donors (Lipinski definition) is 2. The molecular formula is C23H27N3O2. The molecule has 0 saturated carbocycles. The van der Waals surface area contributed by atoms with Crippen molar-refractivity contribution < 1.29 is 4.79 Å². The minimum Gasteiger partial charge on any atom is -0.350 e. The van der Waals surface area contributed by atoms with Crippen LogP contribution in [-0.2, 0) is 6.42 Å². The van der Waals surface area contributed by atoms with Crippen LogP contribution in [0, 0.1) is 0 Å². The largest absolute Gasteiger partial charge is 0.350 e. The van der Waals surface area contributed by atoms with E-state index >= 15 is 0 Å². The van der Waals surface area contributed by atoms with Crippen molar-refractivity contribution in [3.63, 3.8) is 0 Å². The highest BCUT2D eigenvalue weighted by atomic mass is 16.2. The molecule has 5 nitrogen and oxygen atoms in total. The molecule has 1 atom stereocenters. The Hall–Kier alpha value is -2.92. The summed E-state index contributed by atoms with van der Waals surface area (Å²) < 4.78 is 0. The van der Waals surface area contributed by atoms with Gasteiger partial charge in [-0.25, -0.2) is 0 Å². The summed E-state index contributed by atoms with van der Waals surface area (Å²) in [6.45, 7) is 6.54. The zero-order valence-corrected chi connectivity index (χ0v) is 16.4. The van der Waals surface area contributed by atoms with Crippen LogP contribution in [0.2, 0.25) is 0 Å². The lowest BCUT2D eigenvalue weighted by atomic mass is 10.0. The van der Waals surface area contributed by atoms with E-state index in [-0.39, 0.29) is 23.1 Å². The molecule has 0 spiro atoms. The van der Waals surface area contributed by atoms with E-state index < -0.39 is 0 Å². The first-order chi connectivity index (χ1) is 13.6. The van der Waals surface area contributed by atoms with E-state index in [0.717, 1.165) is 30.4 Å². The Kier molecular flexibility index (Phi) is 6.61. The molecule has 0 unspecified atom stereocenters. The highest BCUT2D eigenvalue weighted by Gasteiger charge is 2.19. The maximum Gasteiger partial charge on any atom is 0.261 e. The number of nitrogens with one attached hydrogen (secondary N) is 2. The van der Waals surface area contributed by atoms with Gasteiger partial charge >= 0.3 is 0 Å². The first-order valence-electron chi connectivity index (χ1n) is 9.80. The van der Waals surface area contributed by atoms with Gasteiger partial charge in [0.25, 0.3) is 11.5 Å². The Morgan fingerprint density at radius 2 is 1.71 bits per heavy atom. The van der Waals surface area contributed by atoms with Gasteiger partial charge in [0.1, 0.15) is 5.56 Å². The average Bonchev–Trinajstić information content (AvgIpc) is 2.72. The molecule has 0 saturated heterocycles. The monoisotopic (exact) mass is 377 g/mol. The van der Waals surface area contributed by atoms with Gasteiger partial charge in [-0.2, -0.15) is 0 Å². The maximum atomic E-state index is 12.7. The van der Waals surface area contributed by atoms with Gasteiger partial charge in [-0.15, -0.1) is 0 Å². The first-order valence-corrected chi connectivity index (χ1v) is 9.80. The van der Waals surface area contributed by atoms with E-state index in [1.165, 1.54) is 5.56 Å². The fraction of sp³-hybridized carbons (Fsp3) is 0.304. The molecule has 0 aliphatic carbocycles. The molecule has 3 aromatic rings. The predicted molar refractivity (Wildman–Crippen MR) is 114 cm³/mol. The van der Waals surface area contributed by atoms with Crippen molar-refractivity contribution in [3.05, 3.63) is 82.1 Å². The third-order valence-electron chi connectivity index (χ3n) is 5.14. The summed E-state index contributed by atoms with van der Waals surface area (Å²) in [6.07, 6.45) is 0.844. The van der Waals surface area contributed by atoms with E-state index in [1.807, 2.05) is 42.5 Å². The number of likely N-dealkylation sites (N-methyl/N-ethyl adjacent to an activating group) is 1. The van der Waals surface area contributed by atoms with Crippen molar-refractivity contribution in [1.82, 2.24) is 15.2 Å². The van der Waals surface area contributed by atoms with Crippen molar-refractivity contribution in [3.8, 4) is 0 Å². The third-order valence-corrected chi connectivity index (χ3v) is 5.14. The van der Waals surface area contributed by atoms with Gasteiger partial charge < -0.3 is 10.3 Å². The molecule has 1 amide bonds. The minimum atomic E-state index is -0.362. The maximum absolute atomic E-state index is 12.7. The van der Waals surface area contributed by atoms with Crippen LogP contribution >= 0.6 is 0 Å². The highest BCUT2D eigenvalue weighted by molar-refractivity contribution is 5.97. The Bertz CT molecular complexity index is 978. The Morgan fingerprint density at radius 1 is 1.04 bits per heavy atom. The van der Waals surface area contributed by atoms with Gasteiger partial charge in [0.05, 0.1) is 0 Å². The molecule has 5 heteroatoms. The topological polar surface area (TPSA) is 65.2 Å². The SMILES string of the molecule is CCN(CC)[C@H](CNC(=O)c1cc2ccccc2[nH]c1=O)Cc1ccccc1. The lowest BCUT2D eigenvalue weighted by Gasteiger charge is -2.30. The summed E-state index contributed by atoms with van der Waals surface area (Å²) in [6, 6.07) is 19.6. The molecule has 0 bridgehead atoms. The summed E-state index contributed by atoms with van der Waals surface area (Å²) >= 11 is 0. The predicted octanol–water partition coefficient (Wildman–Crippen LogP) is 3.21. The van der Waals surface area contributed by atoms with Crippen LogP contribution in [0.25, 0.3) is 10.9 Å². The standard InChI is InChI=1S/C23H27N3O2/c1-3-26(4-2)19(14-17-10-6-5-7-11-17)16-24-22(27)20-15-18-12-8-9-13-21(18)25-23(20)28/h5-13,15,19H,3-4,14,16H2,1-2H3,(H,24,27)(H,25,28)/t19-/m0/s1. The zero-order valence-electron chi connectivity index (χ0n) is 16.4. The summed E-state index contributed by atoms with van der Waals surface area (Å²) in [7, 11) is 0. The van der Waals surface area contributed by atoms with Crippen molar-refractivity contribution >= 4 is 16.8 Å². The van der Waals surface area contributed by atoms with E-state index in [9.17, 15) is 9.59 Å². The van der Waals surface area contributed by atoms with Crippen LogP contribution < -0.4 is 10.9 Å². The second kappa shape index (κ2) is 9.33. The number of hydrogen-bond acceptors (Lipinski definition) is 3. The van der Waals surface area contributed by atoms with Gasteiger partial charge in [-0.05, 0) is 42.6 Å². The molecule has 0 aliphatic heterocycles. The van der Waals surface area contributed by atoms with E-state index in [2.05, 4.69) is 41.2 Å². The Morgan fingerprint density at radius 3 is 2.43 bits per heavy atom. The smallest absolute Gasteiger partial charge is 0.261 e. The third kappa shape index (κ3) is 4.67. The molecule has 2 N–H and O–H groups in total. The van der Waals surface area contributed by atoms with Gasteiger partial charge in [-0.3, -0.25) is 14.5 Å². The van der Waals surface area contributed by atoms with Crippen molar-refractivity contribution in [2.24, 2.45) is 0 Å². The molecule has 2 aromatic carbocycles. The number of carbonyl (C=O) groups is 1. The molecular weight excluding hydrogens is 350 g/mol. The van der Waals surface area contributed by atoms with Crippen molar-refractivity contribution in [2.75, 3.05) is 19.6 Å². The molecule has 0 fully saturated rings. The van der Waals surface area contributed by atoms with Gasteiger partial charge in [-0.1, -0.05) is 62.4 Å². The molecule has 3 rings (SSSR count). The van der Waals surface area contributed by atoms with Crippen LogP contribution in [0.4, 0.5) is 0 Å². The number of pyridine rings is 1. The quantitative estimate of drug-likeness (QED) is 0.634. The van der Waals surface area contributed by atoms with Crippen LogP contribution in [0.15, 0.2) is 65.5 Å².